The van der Waals surface area contributed by atoms with Crippen LogP contribution in [0.1, 0.15) is 15.9 Å². The van der Waals surface area contributed by atoms with Gasteiger partial charge in [-0.3, -0.25) is 4.79 Å². The third kappa shape index (κ3) is 3.32. The molecule has 0 aliphatic rings. The molecular weight excluding hydrogens is 256 g/mol. The fourth-order valence-electron chi connectivity index (χ4n) is 1.26. The molecule has 0 heterocycles. The highest BCUT2D eigenvalue weighted by atomic mass is 79.9. The third-order valence-corrected chi connectivity index (χ3v) is 3.04. The van der Waals surface area contributed by atoms with Gasteiger partial charge in [0.15, 0.2) is 0 Å². The van der Waals surface area contributed by atoms with Gasteiger partial charge in [0.05, 0.1) is 0 Å². The molecule has 2 N–H and O–H groups in total. The van der Waals surface area contributed by atoms with Gasteiger partial charge in [-0.15, -0.1) is 0 Å². The number of anilines is 1. The number of rotatable bonds is 5. The van der Waals surface area contributed by atoms with E-state index in [1.54, 1.807) is 0 Å². The van der Waals surface area contributed by atoms with E-state index in [0.717, 1.165) is 40.7 Å². The lowest BCUT2D eigenvalue weighted by molar-refractivity contribution is 0.112. The number of carbonyl (C=O) groups excluding carboxylic acids is 1. The van der Waals surface area contributed by atoms with Gasteiger partial charge in [0.1, 0.15) is 6.29 Å². The summed E-state index contributed by atoms with van der Waals surface area (Å²) in [6, 6.07) is 3.85. The Balaban J connectivity index is 2.81. The van der Waals surface area contributed by atoms with Gasteiger partial charge in [-0.2, -0.15) is 0 Å². The van der Waals surface area contributed by atoms with E-state index in [1.165, 1.54) is 0 Å². The highest BCUT2D eigenvalue weighted by Crippen LogP contribution is 2.23. The molecule has 0 saturated carbocycles. The summed E-state index contributed by atoms with van der Waals surface area (Å²) >= 11 is 3.43. The number of benzene rings is 1. The Morgan fingerprint density at radius 2 is 2.13 bits per heavy atom. The molecule has 1 aromatic carbocycles. The standard InChI is InChI=1S/C11H15BrN2O/c1-8-9(7-15)5-10(6-11(8)12)14-4-3-13-2/h5-7,13-14H,3-4H2,1-2H3. The monoisotopic (exact) mass is 270 g/mol. The second-order valence-corrected chi connectivity index (χ2v) is 4.17. The number of carbonyl (C=O) groups is 1. The average molecular weight is 271 g/mol. The summed E-state index contributed by atoms with van der Waals surface area (Å²) in [4.78, 5) is 10.8. The summed E-state index contributed by atoms with van der Waals surface area (Å²) in [5.74, 6) is 0. The number of halogens is 1. The normalized spacial score (nSPS) is 10.1. The van der Waals surface area contributed by atoms with Crippen molar-refractivity contribution >= 4 is 27.9 Å². The van der Waals surface area contributed by atoms with E-state index in [4.69, 9.17) is 0 Å². The Hall–Kier alpha value is -0.870. The average Bonchev–Trinajstić information content (AvgIpc) is 2.23. The second-order valence-electron chi connectivity index (χ2n) is 3.32. The van der Waals surface area contributed by atoms with E-state index in [1.807, 2.05) is 26.1 Å². The maximum Gasteiger partial charge on any atom is 0.150 e. The Bertz CT molecular complexity index is 353. The fourth-order valence-corrected chi connectivity index (χ4v) is 1.73. The molecule has 0 atom stereocenters. The molecule has 15 heavy (non-hydrogen) atoms. The predicted octanol–water partition coefficient (Wildman–Crippen LogP) is 2.20. The van der Waals surface area contributed by atoms with Crippen LogP contribution in [0.25, 0.3) is 0 Å². The van der Waals surface area contributed by atoms with Crippen molar-refractivity contribution in [2.45, 2.75) is 6.92 Å². The molecule has 0 spiro atoms. The number of nitrogens with one attached hydrogen (secondary N) is 2. The van der Waals surface area contributed by atoms with Gasteiger partial charge < -0.3 is 10.6 Å². The zero-order chi connectivity index (χ0) is 11.3. The van der Waals surface area contributed by atoms with Gasteiger partial charge >= 0.3 is 0 Å². The lowest BCUT2D eigenvalue weighted by Gasteiger charge is -2.09. The van der Waals surface area contributed by atoms with E-state index in [2.05, 4.69) is 26.6 Å². The summed E-state index contributed by atoms with van der Waals surface area (Å²) in [5, 5.41) is 6.29. The number of likely N-dealkylation sites (N-methyl/N-ethyl adjacent to an activating group) is 1. The minimum Gasteiger partial charge on any atom is -0.384 e. The smallest absolute Gasteiger partial charge is 0.150 e. The van der Waals surface area contributed by atoms with E-state index >= 15 is 0 Å². The molecule has 3 nitrogen and oxygen atoms in total. The van der Waals surface area contributed by atoms with Gasteiger partial charge in [0.25, 0.3) is 0 Å². The molecule has 0 bridgehead atoms. The van der Waals surface area contributed by atoms with Crippen molar-refractivity contribution < 1.29 is 4.79 Å². The molecule has 0 radical (unpaired) electrons. The van der Waals surface area contributed by atoms with Crippen LogP contribution in [0.2, 0.25) is 0 Å². The molecule has 1 rings (SSSR count). The van der Waals surface area contributed by atoms with Crippen molar-refractivity contribution in [2.75, 3.05) is 25.5 Å². The van der Waals surface area contributed by atoms with Crippen molar-refractivity contribution in [3.05, 3.63) is 27.7 Å². The van der Waals surface area contributed by atoms with Crippen LogP contribution >= 0.6 is 15.9 Å². The number of aldehydes is 1. The summed E-state index contributed by atoms with van der Waals surface area (Å²) in [6.45, 7) is 3.65. The highest BCUT2D eigenvalue weighted by molar-refractivity contribution is 9.10. The van der Waals surface area contributed by atoms with Gasteiger partial charge in [0.2, 0.25) is 0 Å². The van der Waals surface area contributed by atoms with Crippen molar-refractivity contribution in [1.82, 2.24) is 5.32 Å². The summed E-state index contributed by atoms with van der Waals surface area (Å²) in [5.41, 5.74) is 2.66. The van der Waals surface area contributed by atoms with Gasteiger partial charge in [-0.05, 0) is 31.7 Å². The molecule has 0 saturated heterocycles. The van der Waals surface area contributed by atoms with Crippen LogP contribution < -0.4 is 10.6 Å². The maximum atomic E-state index is 10.8. The van der Waals surface area contributed by atoms with Crippen LogP contribution in [0.15, 0.2) is 16.6 Å². The molecule has 0 fully saturated rings. The number of hydrogen-bond acceptors (Lipinski definition) is 3. The van der Waals surface area contributed by atoms with E-state index in [9.17, 15) is 4.79 Å². The first kappa shape index (κ1) is 12.2. The van der Waals surface area contributed by atoms with E-state index in [-0.39, 0.29) is 0 Å². The molecule has 0 aromatic heterocycles. The van der Waals surface area contributed by atoms with Crippen LogP contribution in [-0.2, 0) is 0 Å². The van der Waals surface area contributed by atoms with Crippen LogP contribution in [-0.4, -0.2) is 26.4 Å². The summed E-state index contributed by atoms with van der Waals surface area (Å²) < 4.78 is 0.957. The summed E-state index contributed by atoms with van der Waals surface area (Å²) in [6.07, 6.45) is 0.878. The van der Waals surface area contributed by atoms with Crippen molar-refractivity contribution in [1.29, 1.82) is 0 Å². The third-order valence-electron chi connectivity index (χ3n) is 2.22. The molecule has 0 unspecified atom stereocenters. The van der Waals surface area contributed by atoms with Crippen molar-refractivity contribution in [3.8, 4) is 0 Å². The van der Waals surface area contributed by atoms with E-state index in [0.29, 0.717) is 0 Å². The lowest BCUT2D eigenvalue weighted by atomic mass is 10.1. The quantitative estimate of drug-likeness (QED) is 0.637. The Morgan fingerprint density at radius 1 is 1.40 bits per heavy atom. The Morgan fingerprint density at radius 3 is 2.73 bits per heavy atom. The van der Waals surface area contributed by atoms with Gasteiger partial charge in [-0.1, -0.05) is 15.9 Å². The number of hydrogen-bond donors (Lipinski definition) is 2. The minimum atomic E-state index is 0.719. The lowest BCUT2D eigenvalue weighted by Crippen LogP contribution is -2.17. The van der Waals surface area contributed by atoms with Crippen LogP contribution in [0.5, 0.6) is 0 Å². The van der Waals surface area contributed by atoms with Crippen LogP contribution in [0.4, 0.5) is 5.69 Å². The van der Waals surface area contributed by atoms with Gasteiger partial charge in [0, 0.05) is 28.8 Å². The minimum absolute atomic E-state index is 0.719. The first-order valence-electron chi connectivity index (χ1n) is 4.83. The molecule has 1 aromatic rings. The summed E-state index contributed by atoms with van der Waals surface area (Å²) in [7, 11) is 1.91. The Kier molecular flexibility index (Phi) is 4.78. The fraction of sp³-hybridized carbons (Fsp3) is 0.364. The molecule has 0 aliphatic heterocycles. The van der Waals surface area contributed by atoms with Gasteiger partial charge in [-0.25, -0.2) is 0 Å². The Labute approximate surface area is 98.4 Å². The molecule has 0 aliphatic carbocycles. The highest BCUT2D eigenvalue weighted by Gasteiger charge is 2.04. The topological polar surface area (TPSA) is 41.1 Å². The molecule has 82 valence electrons. The molecule has 0 amide bonds. The SMILES string of the molecule is CNCCNc1cc(Br)c(C)c(C=O)c1. The van der Waals surface area contributed by atoms with Crippen molar-refractivity contribution in [3.63, 3.8) is 0 Å². The zero-order valence-corrected chi connectivity index (χ0v) is 10.5. The van der Waals surface area contributed by atoms with Crippen LogP contribution in [0.3, 0.4) is 0 Å². The van der Waals surface area contributed by atoms with Crippen LogP contribution in [0, 0.1) is 6.92 Å². The molecule has 4 heteroatoms. The van der Waals surface area contributed by atoms with Crippen molar-refractivity contribution in [2.24, 2.45) is 0 Å². The second kappa shape index (κ2) is 5.88. The zero-order valence-electron chi connectivity index (χ0n) is 8.93. The molecular formula is C11H15BrN2O. The maximum absolute atomic E-state index is 10.8. The first-order valence-corrected chi connectivity index (χ1v) is 5.62. The predicted molar refractivity (Wildman–Crippen MR) is 66.7 cm³/mol. The van der Waals surface area contributed by atoms with E-state index < -0.39 is 0 Å². The first-order chi connectivity index (χ1) is 7.19. The largest absolute Gasteiger partial charge is 0.384 e.